The molecule has 16 heavy (non-hydrogen) atoms. The summed E-state index contributed by atoms with van der Waals surface area (Å²) in [6.07, 6.45) is 8.36. The molecule has 2 saturated carbocycles. The summed E-state index contributed by atoms with van der Waals surface area (Å²) in [6, 6.07) is 0.891. The lowest BCUT2D eigenvalue weighted by atomic mass is 10.0. The van der Waals surface area contributed by atoms with Gasteiger partial charge >= 0.3 is 0 Å². The maximum Gasteiger partial charge on any atom is 0.224 e. The van der Waals surface area contributed by atoms with Crippen LogP contribution < -0.4 is 10.6 Å². The zero-order chi connectivity index (χ0) is 11.4. The molecule has 2 atom stereocenters. The van der Waals surface area contributed by atoms with Gasteiger partial charge in [-0.15, -0.1) is 0 Å². The van der Waals surface area contributed by atoms with E-state index in [2.05, 4.69) is 17.6 Å². The van der Waals surface area contributed by atoms with E-state index in [0.717, 1.165) is 19.4 Å². The van der Waals surface area contributed by atoms with Crippen molar-refractivity contribution < 1.29 is 4.79 Å². The Morgan fingerprint density at radius 2 is 1.88 bits per heavy atom. The predicted octanol–water partition coefficient (Wildman–Crippen LogP) is 1.82. The zero-order valence-corrected chi connectivity index (χ0v) is 10.3. The molecule has 0 aliphatic heterocycles. The van der Waals surface area contributed by atoms with Crippen LogP contribution in [0.2, 0.25) is 0 Å². The van der Waals surface area contributed by atoms with Gasteiger partial charge in [0, 0.05) is 12.1 Å². The molecule has 0 saturated heterocycles. The van der Waals surface area contributed by atoms with E-state index in [1.165, 1.54) is 32.1 Å². The van der Waals surface area contributed by atoms with E-state index in [1.54, 1.807) is 0 Å². The maximum atomic E-state index is 12.1. The molecule has 0 spiro atoms. The van der Waals surface area contributed by atoms with Crippen LogP contribution in [0.5, 0.6) is 0 Å². The monoisotopic (exact) mass is 224 g/mol. The van der Waals surface area contributed by atoms with Crippen LogP contribution in [0, 0.1) is 5.92 Å². The molecule has 92 valence electrons. The third-order valence-electron chi connectivity index (χ3n) is 4.02. The van der Waals surface area contributed by atoms with Crippen molar-refractivity contribution in [2.45, 2.75) is 64.0 Å². The molecule has 2 aliphatic carbocycles. The molecule has 3 heteroatoms. The molecule has 0 heterocycles. The molecular formula is C13H24N2O. The second-order valence-electron chi connectivity index (χ2n) is 5.19. The van der Waals surface area contributed by atoms with Crippen LogP contribution in [0.15, 0.2) is 0 Å². The van der Waals surface area contributed by atoms with Crippen LogP contribution in [0.3, 0.4) is 0 Å². The van der Waals surface area contributed by atoms with Gasteiger partial charge in [-0.2, -0.15) is 0 Å². The molecule has 3 nitrogen and oxygen atoms in total. The molecule has 2 fully saturated rings. The molecule has 0 bridgehead atoms. The van der Waals surface area contributed by atoms with Crippen molar-refractivity contribution in [3.8, 4) is 0 Å². The highest BCUT2D eigenvalue weighted by Gasteiger charge is 2.33. The van der Waals surface area contributed by atoms with E-state index in [-0.39, 0.29) is 5.92 Å². The summed E-state index contributed by atoms with van der Waals surface area (Å²) in [7, 11) is 0. The first-order valence-electron chi connectivity index (χ1n) is 6.85. The van der Waals surface area contributed by atoms with Crippen molar-refractivity contribution in [2.24, 2.45) is 5.92 Å². The molecule has 2 unspecified atom stereocenters. The summed E-state index contributed by atoms with van der Waals surface area (Å²) in [4.78, 5) is 12.1. The molecule has 2 N–H and O–H groups in total. The highest BCUT2D eigenvalue weighted by molar-refractivity contribution is 5.80. The fourth-order valence-corrected chi connectivity index (χ4v) is 3.16. The SMILES string of the molecule is CCNC1CCCC1C(=O)NC1CCCC1. The topological polar surface area (TPSA) is 41.1 Å². The van der Waals surface area contributed by atoms with Crippen molar-refractivity contribution >= 4 is 5.91 Å². The Morgan fingerprint density at radius 1 is 1.12 bits per heavy atom. The Labute approximate surface area is 98.4 Å². The van der Waals surface area contributed by atoms with Gasteiger partial charge in [-0.3, -0.25) is 4.79 Å². The summed E-state index contributed by atoms with van der Waals surface area (Å²) in [5.74, 6) is 0.524. The summed E-state index contributed by atoms with van der Waals surface area (Å²) in [5, 5.41) is 6.67. The van der Waals surface area contributed by atoms with E-state index in [1.807, 2.05) is 0 Å². The minimum Gasteiger partial charge on any atom is -0.353 e. The third-order valence-corrected chi connectivity index (χ3v) is 4.02. The Hall–Kier alpha value is -0.570. The lowest BCUT2D eigenvalue weighted by Crippen LogP contribution is -2.44. The number of hydrogen-bond acceptors (Lipinski definition) is 2. The first kappa shape index (κ1) is 11.9. The largest absolute Gasteiger partial charge is 0.353 e. The van der Waals surface area contributed by atoms with Crippen molar-refractivity contribution in [1.29, 1.82) is 0 Å². The molecule has 0 aromatic heterocycles. The smallest absolute Gasteiger partial charge is 0.224 e. The van der Waals surface area contributed by atoms with Crippen LogP contribution in [0.4, 0.5) is 0 Å². The van der Waals surface area contributed by atoms with Crippen molar-refractivity contribution in [1.82, 2.24) is 10.6 Å². The maximum absolute atomic E-state index is 12.1. The van der Waals surface area contributed by atoms with Gasteiger partial charge in [-0.1, -0.05) is 26.2 Å². The van der Waals surface area contributed by atoms with Crippen LogP contribution in [0.1, 0.15) is 51.9 Å². The van der Waals surface area contributed by atoms with Gasteiger partial charge in [-0.25, -0.2) is 0 Å². The third kappa shape index (κ3) is 2.76. The lowest BCUT2D eigenvalue weighted by molar-refractivity contribution is -0.126. The average molecular weight is 224 g/mol. The quantitative estimate of drug-likeness (QED) is 0.765. The van der Waals surface area contributed by atoms with Crippen molar-refractivity contribution in [2.75, 3.05) is 6.54 Å². The lowest BCUT2D eigenvalue weighted by Gasteiger charge is -2.22. The molecule has 0 aromatic rings. The van der Waals surface area contributed by atoms with E-state index in [9.17, 15) is 4.79 Å². The Kier molecular flexibility index (Phi) is 4.22. The summed E-state index contributed by atoms with van der Waals surface area (Å²) < 4.78 is 0. The van der Waals surface area contributed by atoms with Crippen molar-refractivity contribution in [3.63, 3.8) is 0 Å². The number of rotatable bonds is 4. The predicted molar refractivity (Wildman–Crippen MR) is 65.2 cm³/mol. The standard InChI is InChI=1S/C13H24N2O/c1-2-14-12-9-5-8-11(12)13(16)15-10-6-3-4-7-10/h10-12,14H,2-9H2,1H3,(H,15,16). The summed E-state index contributed by atoms with van der Waals surface area (Å²) in [6.45, 7) is 3.09. The molecule has 0 radical (unpaired) electrons. The summed E-state index contributed by atoms with van der Waals surface area (Å²) in [5.41, 5.74) is 0. The van der Waals surface area contributed by atoms with Crippen LogP contribution >= 0.6 is 0 Å². The molecule has 2 aliphatic rings. The highest BCUT2D eigenvalue weighted by atomic mass is 16.2. The van der Waals surface area contributed by atoms with Gasteiger partial charge in [0.2, 0.25) is 5.91 Å². The van der Waals surface area contributed by atoms with Gasteiger partial charge < -0.3 is 10.6 Å². The second kappa shape index (κ2) is 5.67. The van der Waals surface area contributed by atoms with Gasteiger partial charge in [0.15, 0.2) is 0 Å². The van der Waals surface area contributed by atoms with Gasteiger partial charge in [-0.05, 0) is 32.2 Å². The number of amides is 1. The molecule has 1 amide bonds. The van der Waals surface area contributed by atoms with E-state index < -0.39 is 0 Å². The Balaban J connectivity index is 1.82. The fraction of sp³-hybridized carbons (Fsp3) is 0.923. The van der Waals surface area contributed by atoms with Gasteiger partial charge in [0.05, 0.1) is 5.92 Å². The minimum atomic E-state index is 0.223. The molecule has 0 aromatic carbocycles. The van der Waals surface area contributed by atoms with E-state index >= 15 is 0 Å². The number of carbonyl (C=O) groups excluding carboxylic acids is 1. The van der Waals surface area contributed by atoms with Crippen molar-refractivity contribution in [3.05, 3.63) is 0 Å². The first-order chi connectivity index (χ1) is 7.81. The highest BCUT2D eigenvalue weighted by Crippen LogP contribution is 2.27. The minimum absolute atomic E-state index is 0.223. The van der Waals surface area contributed by atoms with E-state index in [0.29, 0.717) is 18.0 Å². The Morgan fingerprint density at radius 3 is 2.56 bits per heavy atom. The normalized spacial score (nSPS) is 30.8. The fourth-order valence-electron chi connectivity index (χ4n) is 3.16. The van der Waals surface area contributed by atoms with Crippen LogP contribution in [0.25, 0.3) is 0 Å². The van der Waals surface area contributed by atoms with Gasteiger partial charge in [0.1, 0.15) is 0 Å². The van der Waals surface area contributed by atoms with Crippen LogP contribution in [-0.2, 0) is 4.79 Å². The first-order valence-corrected chi connectivity index (χ1v) is 6.85. The van der Waals surface area contributed by atoms with Crippen LogP contribution in [-0.4, -0.2) is 24.5 Å². The number of hydrogen-bond donors (Lipinski definition) is 2. The van der Waals surface area contributed by atoms with E-state index in [4.69, 9.17) is 0 Å². The average Bonchev–Trinajstić information content (AvgIpc) is 2.89. The molecule has 2 rings (SSSR count). The molecular weight excluding hydrogens is 200 g/mol. The summed E-state index contributed by atoms with van der Waals surface area (Å²) >= 11 is 0. The number of nitrogens with one attached hydrogen (secondary N) is 2. The zero-order valence-electron chi connectivity index (χ0n) is 10.3. The Bertz CT molecular complexity index is 236. The second-order valence-corrected chi connectivity index (χ2v) is 5.19. The van der Waals surface area contributed by atoms with Gasteiger partial charge in [0.25, 0.3) is 0 Å². The number of carbonyl (C=O) groups is 1.